The molecule has 1 aromatic heterocycles. The third kappa shape index (κ3) is 4.97. The zero-order valence-electron chi connectivity index (χ0n) is 15.7. The number of hydrogen-bond acceptors (Lipinski definition) is 6. The van der Waals surface area contributed by atoms with Crippen LogP contribution in [0.25, 0.3) is 0 Å². The topological polar surface area (TPSA) is 91.7 Å². The normalized spacial score (nSPS) is 11.9. The molecule has 0 atom stereocenters. The van der Waals surface area contributed by atoms with Crippen LogP contribution in [-0.2, 0) is 27.8 Å². The lowest BCUT2D eigenvalue weighted by Crippen LogP contribution is -2.31. The van der Waals surface area contributed by atoms with E-state index in [1.807, 2.05) is 0 Å². The maximum absolute atomic E-state index is 12.5. The predicted molar refractivity (Wildman–Crippen MR) is 97.3 cm³/mol. The molecule has 0 fully saturated rings. The summed E-state index contributed by atoms with van der Waals surface area (Å²) >= 11 is 0. The first-order valence-corrected chi connectivity index (χ1v) is 9.67. The number of carbonyl (C=O) groups excluding carboxylic acids is 1. The van der Waals surface area contributed by atoms with Crippen LogP contribution in [0.3, 0.4) is 0 Å². The van der Waals surface area contributed by atoms with Gasteiger partial charge in [0.15, 0.2) is 5.75 Å². The van der Waals surface area contributed by atoms with Gasteiger partial charge in [-0.2, -0.15) is 21.6 Å². The fourth-order valence-electron chi connectivity index (χ4n) is 2.54. The predicted octanol–water partition coefficient (Wildman–Crippen LogP) is 2.72. The van der Waals surface area contributed by atoms with E-state index in [0.717, 1.165) is 11.6 Å². The number of alkyl halides is 3. The van der Waals surface area contributed by atoms with Gasteiger partial charge in [-0.05, 0) is 38.0 Å². The van der Waals surface area contributed by atoms with E-state index in [0.29, 0.717) is 12.0 Å². The average molecular weight is 433 g/mol. The fraction of sp³-hybridized carbons (Fsp3) is 0.333. The van der Waals surface area contributed by atoms with Crippen molar-refractivity contribution in [1.82, 2.24) is 4.57 Å². The molecular weight excluding hydrogens is 415 g/mol. The van der Waals surface area contributed by atoms with Crippen molar-refractivity contribution in [2.24, 2.45) is 0 Å². The molecule has 1 aromatic carbocycles. The van der Waals surface area contributed by atoms with Crippen LogP contribution in [-0.4, -0.2) is 31.6 Å². The van der Waals surface area contributed by atoms with Crippen molar-refractivity contribution in [3.63, 3.8) is 0 Å². The average Bonchev–Trinajstić information content (AvgIpc) is 2.64. The van der Waals surface area contributed by atoms with E-state index in [4.69, 9.17) is 0 Å². The van der Waals surface area contributed by atoms with E-state index in [-0.39, 0.29) is 17.8 Å². The van der Waals surface area contributed by atoms with Crippen LogP contribution in [0.15, 0.2) is 35.1 Å². The minimum Gasteiger partial charge on any atom is -0.465 e. The van der Waals surface area contributed by atoms with E-state index in [1.165, 1.54) is 25.5 Å². The Hall–Kier alpha value is -2.82. The third-order valence-electron chi connectivity index (χ3n) is 4.18. The SMILES string of the molecule is COC(=O)c1ccc(CCn2c(C)cc(OS(=O)(=O)C(F)(F)F)c(C)c2=O)cc1. The second kappa shape index (κ2) is 8.27. The molecule has 0 N–H and O–H groups in total. The summed E-state index contributed by atoms with van der Waals surface area (Å²) in [5.41, 5.74) is -5.11. The second-order valence-corrected chi connectivity index (χ2v) is 7.69. The molecule has 1 heterocycles. The summed E-state index contributed by atoms with van der Waals surface area (Å²) in [5, 5.41) is 0. The highest BCUT2D eigenvalue weighted by Gasteiger charge is 2.48. The molecule has 0 bridgehead atoms. The zero-order chi connectivity index (χ0) is 22.0. The van der Waals surface area contributed by atoms with E-state index >= 15 is 0 Å². The largest absolute Gasteiger partial charge is 0.534 e. The van der Waals surface area contributed by atoms with Crippen LogP contribution in [0.1, 0.15) is 27.2 Å². The van der Waals surface area contributed by atoms with Crippen LogP contribution in [0.5, 0.6) is 5.75 Å². The number of halogens is 3. The molecule has 0 amide bonds. The number of aromatic nitrogens is 1. The number of ether oxygens (including phenoxy) is 1. The number of hydrogen-bond donors (Lipinski definition) is 0. The van der Waals surface area contributed by atoms with Gasteiger partial charge in [0.25, 0.3) is 5.56 Å². The summed E-state index contributed by atoms with van der Waals surface area (Å²) in [4.78, 5) is 23.9. The highest BCUT2D eigenvalue weighted by molar-refractivity contribution is 7.88. The van der Waals surface area contributed by atoms with Crippen LogP contribution in [0.4, 0.5) is 13.2 Å². The fourth-order valence-corrected chi connectivity index (χ4v) is 3.04. The Bertz CT molecular complexity index is 1070. The summed E-state index contributed by atoms with van der Waals surface area (Å²) in [6, 6.07) is 7.59. The first kappa shape index (κ1) is 22.5. The molecule has 0 unspecified atom stereocenters. The van der Waals surface area contributed by atoms with Crippen molar-refractivity contribution in [3.8, 4) is 5.75 Å². The van der Waals surface area contributed by atoms with Crippen molar-refractivity contribution in [1.29, 1.82) is 0 Å². The van der Waals surface area contributed by atoms with Gasteiger partial charge in [0, 0.05) is 18.3 Å². The summed E-state index contributed by atoms with van der Waals surface area (Å²) in [7, 11) is -4.61. The summed E-state index contributed by atoms with van der Waals surface area (Å²) < 4.78 is 70.0. The molecule has 158 valence electrons. The minimum atomic E-state index is -5.87. The summed E-state index contributed by atoms with van der Waals surface area (Å²) in [6.45, 7) is 2.83. The monoisotopic (exact) mass is 433 g/mol. The Morgan fingerprint density at radius 2 is 1.72 bits per heavy atom. The van der Waals surface area contributed by atoms with Gasteiger partial charge in [-0.25, -0.2) is 4.79 Å². The van der Waals surface area contributed by atoms with Crippen molar-refractivity contribution in [2.75, 3.05) is 7.11 Å². The van der Waals surface area contributed by atoms with Crippen LogP contribution < -0.4 is 9.74 Å². The van der Waals surface area contributed by atoms with Gasteiger partial charge >= 0.3 is 21.6 Å². The smallest absolute Gasteiger partial charge is 0.465 e. The van der Waals surface area contributed by atoms with Gasteiger partial charge in [0.1, 0.15) is 0 Å². The van der Waals surface area contributed by atoms with E-state index in [1.54, 1.807) is 24.3 Å². The number of methoxy groups -OCH3 is 1. The van der Waals surface area contributed by atoms with Crippen molar-refractivity contribution >= 4 is 16.1 Å². The highest BCUT2D eigenvalue weighted by Crippen LogP contribution is 2.28. The molecule has 2 aromatic rings. The molecule has 0 radical (unpaired) electrons. The molecule has 2 rings (SSSR count). The molecule has 0 spiro atoms. The molecule has 0 aliphatic heterocycles. The second-order valence-electron chi connectivity index (χ2n) is 6.15. The Kier molecular flexibility index (Phi) is 6.41. The Balaban J connectivity index is 2.24. The summed E-state index contributed by atoms with van der Waals surface area (Å²) in [6.07, 6.45) is 0.392. The molecule has 0 saturated carbocycles. The molecule has 0 aliphatic carbocycles. The quantitative estimate of drug-likeness (QED) is 0.395. The first-order chi connectivity index (χ1) is 13.4. The molecular formula is C18H18F3NO6S. The standard InChI is InChI=1S/C18H18F3NO6S/c1-11-10-15(28-29(25,26)18(19,20)21)12(2)16(23)22(11)9-8-13-4-6-14(7-5-13)17(24)27-3/h4-7,10H,8-9H2,1-3H3. The maximum atomic E-state index is 12.5. The lowest BCUT2D eigenvalue weighted by molar-refractivity contribution is -0.0500. The number of nitrogens with zero attached hydrogens (tertiary/aromatic N) is 1. The van der Waals surface area contributed by atoms with Gasteiger partial charge in [-0.3, -0.25) is 4.79 Å². The van der Waals surface area contributed by atoms with E-state index < -0.39 is 32.9 Å². The maximum Gasteiger partial charge on any atom is 0.534 e. The van der Waals surface area contributed by atoms with Crippen molar-refractivity contribution in [3.05, 3.63) is 63.1 Å². The Labute approximate surface area is 164 Å². The lowest BCUT2D eigenvalue weighted by Gasteiger charge is -2.15. The van der Waals surface area contributed by atoms with Crippen molar-refractivity contribution in [2.45, 2.75) is 32.3 Å². The highest BCUT2D eigenvalue weighted by atomic mass is 32.2. The van der Waals surface area contributed by atoms with Gasteiger partial charge < -0.3 is 13.5 Å². The number of aryl methyl sites for hydroxylation is 2. The molecule has 0 aliphatic rings. The van der Waals surface area contributed by atoms with Gasteiger partial charge in [0.2, 0.25) is 0 Å². The van der Waals surface area contributed by atoms with Crippen molar-refractivity contribution < 1.29 is 35.3 Å². The van der Waals surface area contributed by atoms with Gasteiger partial charge in [-0.15, -0.1) is 0 Å². The number of benzene rings is 1. The number of esters is 1. The zero-order valence-corrected chi connectivity index (χ0v) is 16.6. The molecule has 29 heavy (non-hydrogen) atoms. The molecule has 11 heteroatoms. The van der Waals surface area contributed by atoms with Gasteiger partial charge in [-0.1, -0.05) is 12.1 Å². The van der Waals surface area contributed by atoms with Crippen LogP contribution in [0.2, 0.25) is 0 Å². The summed E-state index contributed by atoms with van der Waals surface area (Å²) in [5.74, 6) is -1.15. The number of pyridine rings is 1. The number of rotatable bonds is 6. The number of carbonyl (C=O) groups is 1. The van der Waals surface area contributed by atoms with Gasteiger partial charge in [0.05, 0.1) is 18.2 Å². The van der Waals surface area contributed by atoms with Crippen LogP contribution in [0, 0.1) is 13.8 Å². The first-order valence-electron chi connectivity index (χ1n) is 8.26. The minimum absolute atomic E-state index is 0.190. The van der Waals surface area contributed by atoms with E-state index in [2.05, 4.69) is 8.92 Å². The Morgan fingerprint density at radius 3 is 2.24 bits per heavy atom. The molecule has 0 saturated heterocycles. The van der Waals surface area contributed by atoms with Crippen LogP contribution >= 0.6 is 0 Å². The Morgan fingerprint density at radius 1 is 1.14 bits per heavy atom. The third-order valence-corrected chi connectivity index (χ3v) is 5.15. The molecule has 7 nitrogen and oxygen atoms in total. The lowest BCUT2D eigenvalue weighted by atomic mass is 10.1. The van der Waals surface area contributed by atoms with E-state index in [9.17, 15) is 31.2 Å².